The minimum atomic E-state index is -4.67. The molecule has 2 N–H and O–H groups in total. The van der Waals surface area contributed by atoms with Gasteiger partial charge in [-0.05, 0) is 43.7 Å². The van der Waals surface area contributed by atoms with Crippen LogP contribution in [0, 0.1) is 10.1 Å². The van der Waals surface area contributed by atoms with E-state index in [9.17, 15) is 28.1 Å². The molecule has 2 aromatic rings. The maximum Gasteiger partial charge on any atom is 0.416 e. The van der Waals surface area contributed by atoms with Gasteiger partial charge in [0.25, 0.3) is 5.69 Å². The quantitative estimate of drug-likeness (QED) is 0.278. The molecular formula is C24H30F3N5O3. The zero-order chi connectivity index (χ0) is 25.3. The molecule has 1 aliphatic heterocycles. The second-order valence-corrected chi connectivity index (χ2v) is 8.38. The van der Waals surface area contributed by atoms with Crippen molar-refractivity contribution in [2.75, 3.05) is 56.0 Å². The Morgan fingerprint density at radius 3 is 2.37 bits per heavy atom. The molecule has 1 aliphatic rings. The largest absolute Gasteiger partial charge is 0.416 e. The molecule has 1 heterocycles. The summed E-state index contributed by atoms with van der Waals surface area (Å²) in [5, 5.41) is 16.6. The Labute approximate surface area is 202 Å². The first-order valence-electron chi connectivity index (χ1n) is 11.6. The van der Waals surface area contributed by atoms with Gasteiger partial charge in [0.05, 0.1) is 10.5 Å². The van der Waals surface area contributed by atoms with Gasteiger partial charge in [-0.1, -0.05) is 18.2 Å². The predicted molar refractivity (Wildman–Crippen MR) is 129 cm³/mol. The molecule has 1 saturated heterocycles. The maximum atomic E-state index is 12.8. The summed E-state index contributed by atoms with van der Waals surface area (Å²) in [5.74, 6) is -0.219. The molecule has 0 aliphatic carbocycles. The number of anilines is 2. The first kappa shape index (κ1) is 26.3. The number of para-hydroxylation sites is 1. The summed E-state index contributed by atoms with van der Waals surface area (Å²) in [4.78, 5) is 27.1. The number of hydrogen-bond acceptors (Lipinski definition) is 6. The average molecular weight is 494 g/mol. The number of nitro benzene ring substituents is 1. The number of rotatable bonds is 11. The van der Waals surface area contributed by atoms with Crippen LogP contribution in [-0.4, -0.2) is 61.5 Å². The highest BCUT2D eigenvalue weighted by Crippen LogP contribution is 2.34. The second kappa shape index (κ2) is 12.4. The van der Waals surface area contributed by atoms with Gasteiger partial charge in [-0.2, -0.15) is 13.2 Å². The van der Waals surface area contributed by atoms with Crippen molar-refractivity contribution in [1.29, 1.82) is 0 Å². The van der Waals surface area contributed by atoms with Gasteiger partial charge in [0.15, 0.2) is 0 Å². The third kappa shape index (κ3) is 8.13. The second-order valence-electron chi connectivity index (χ2n) is 8.38. The fourth-order valence-corrected chi connectivity index (χ4v) is 3.96. The standard InChI is InChI=1S/C24H30F3N5O3/c25-24(26,27)19-8-9-21(22(18-19)32(34)35)28-12-10-23(33)29-11-4-5-13-30-14-16-31(17-15-30)20-6-2-1-3-7-20/h1-3,6-9,18,28H,4-5,10-17H2,(H,29,33). The van der Waals surface area contributed by atoms with Crippen LogP contribution in [0.25, 0.3) is 0 Å². The fraction of sp³-hybridized carbons (Fsp3) is 0.458. The summed E-state index contributed by atoms with van der Waals surface area (Å²) in [5.41, 5.74) is -0.573. The molecule has 0 bridgehead atoms. The van der Waals surface area contributed by atoms with Gasteiger partial charge in [0.1, 0.15) is 5.69 Å². The van der Waals surface area contributed by atoms with Gasteiger partial charge in [0, 0.05) is 57.4 Å². The Kier molecular flexibility index (Phi) is 9.30. The highest BCUT2D eigenvalue weighted by Gasteiger charge is 2.33. The molecule has 1 fully saturated rings. The maximum absolute atomic E-state index is 12.8. The number of benzene rings is 2. The third-order valence-electron chi connectivity index (χ3n) is 5.91. The van der Waals surface area contributed by atoms with Crippen LogP contribution < -0.4 is 15.5 Å². The van der Waals surface area contributed by atoms with Crippen molar-refractivity contribution in [2.24, 2.45) is 0 Å². The molecule has 0 spiro atoms. The van der Waals surface area contributed by atoms with Crippen molar-refractivity contribution >= 4 is 23.0 Å². The van der Waals surface area contributed by atoms with Crippen LogP contribution in [0.2, 0.25) is 0 Å². The number of amides is 1. The molecule has 0 radical (unpaired) electrons. The smallest absolute Gasteiger partial charge is 0.379 e. The molecule has 190 valence electrons. The third-order valence-corrected chi connectivity index (χ3v) is 5.91. The van der Waals surface area contributed by atoms with Crippen LogP contribution in [0.3, 0.4) is 0 Å². The topological polar surface area (TPSA) is 90.7 Å². The Hall–Kier alpha value is -3.34. The number of piperazine rings is 1. The Morgan fingerprint density at radius 2 is 1.71 bits per heavy atom. The lowest BCUT2D eigenvalue weighted by Gasteiger charge is -2.36. The molecule has 35 heavy (non-hydrogen) atoms. The molecule has 0 unspecified atom stereocenters. The molecule has 0 atom stereocenters. The summed E-state index contributed by atoms with van der Waals surface area (Å²) in [7, 11) is 0. The first-order chi connectivity index (χ1) is 16.7. The average Bonchev–Trinajstić information content (AvgIpc) is 2.84. The molecule has 0 aromatic heterocycles. The lowest BCUT2D eigenvalue weighted by atomic mass is 10.1. The van der Waals surface area contributed by atoms with Crippen LogP contribution in [0.1, 0.15) is 24.8 Å². The van der Waals surface area contributed by atoms with E-state index in [0.717, 1.165) is 57.7 Å². The van der Waals surface area contributed by atoms with Gasteiger partial charge in [-0.15, -0.1) is 0 Å². The van der Waals surface area contributed by atoms with Gasteiger partial charge >= 0.3 is 6.18 Å². The summed E-state index contributed by atoms with van der Waals surface area (Å²) >= 11 is 0. The highest BCUT2D eigenvalue weighted by atomic mass is 19.4. The fourth-order valence-electron chi connectivity index (χ4n) is 3.96. The predicted octanol–water partition coefficient (Wildman–Crippen LogP) is 4.13. The summed E-state index contributed by atoms with van der Waals surface area (Å²) in [6.45, 7) is 5.56. The van der Waals surface area contributed by atoms with Crippen LogP contribution in [-0.2, 0) is 11.0 Å². The van der Waals surface area contributed by atoms with E-state index in [1.54, 1.807) is 0 Å². The zero-order valence-corrected chi connectivity index (χ0v) is 19.4. The number of nitrogens with one attached hydrogen (secondary N) is 2. The molecule has 2 aromatic carbocycles. The van der Waals surface area contributed by atoms with Gasteiger partial charge in [-0.25, -0.2) is 0 Å². The van der Waals surface area contributed by atoms with Gasteiger partial charge in [-0.3, -0.25) is 19.8 Å². The van der Waals surface area contributed by atoms with Gasteiger partial charge in [0.2, 0.25) is 5.91 Å². The van der Waals surface area contributed by atoms with Crippen molar-refractivity contribution in [1.82, 2.24) is 10.2 Å². The molecule has 3 rings (SSSR count). The van der Waals surface area contributed by atoms with E-state index >= 15 is 0 Å². The van der Waals surface area contributed by atoms with Crippen molar-refractivity contribution in [3.63, 3.8) is 0 Å². The number of nitro groups is 1. The Morgan fingerprint density at radius 1 is 1.00 bits per heavy atom. The van der Waals surface area contributed by atoms with Crippen molar-refractivity contribution < 1.29 is 22.9 Å². The monoisotopic (exact) mass is 493 g/mol. The zero-order valence-electron chi connectivity index (χ0n) is 19.4. The number of carbonyl (C=O) groups excluding carboxylic acids is 1. The number of nitrogens with zero attached hydrogens (tertiary/aromatic N) is 3. The lowest BCUT2D eigenvalue weighted by Crippen LogP contribution is -2.46. The lowest BCUT2D eigenvalue weighted by molar-refractivity contribution is -0.384. The van der Waals surface area contributed by atoms with E-state index in [1.807, 2.05) is 18.2 Å². The molecular weight excluding hydrogens is 463 g/mol. The van der Waals surface area contributed by atoms with Gasteiger partial charge < -0.3 is 15.5 Å². The van der Waals surface area contributed by atoms with Crippen LogP contribution in [0.5, 0.6) is 0 Å². The number of alkyl halides is 3. The van der Waals surface area contributed by atoms with Crippen LogP contribution in [0.15, 0.2) is 48.5 Å². The molecule has 8 nitrogen and oxygen atoms in total. The SMILES string of the molecule is O=C(CCNc1ccc(C(F)(F)F)cc1[N+](=O)[O-])NCCCCN1CCN(c2ccccc2)CC1. The molecule has 1 amide bonds. The number of unbranched alkanes of at least 4 members (excludes halogenated alkanes) is 1. The number of carbonyl (C=O) groups is 1. The molecule has 11 heteroatoms. The van der Waals surface area contributed by atoms with Crippen molar-refractivity contribution in [3.05, 3.63) is 64.2 Å². The minimum absolute atomic E-state index is 0.0526. The van der Waals surface area contributed by atoms with E-state index in [-0.39, 0.29) is 24.6 Å². The number of halogens is 3. The first-order valence-corrected chi connectivity index (χ1v) is 11.6. The van der Waals surface area contributed by atoms with E-state index < -0.39 is 22.4 Å². The van der Waals surface area contributed by atoms with E-state index in [4.69, 9.17) is 0 Å². The van der Waals surface area contributed by atoms with E-state index in [1.165, 1.54) is 5.69 Å². The summed E-state index contributed by atoms with van der Waals surface area (Å²) < 4.78 is 38.3. The summed E-state index contributed by atoms with van der Waals surface area (Å²) in [6, 6.07) is 12.6. The Bertz CT molecular complexity index is 980. The minimum Gasteiger partial charge on any atom is -0.379 e. The summed E-state index contributed by atoms with van der Waals surface area (Å²) in [6.07, 6.45) is -2.82. The highest BCUT2D eigenvalue weighted by molar-refractivity contribution is 5.76. The van der Waals surface area contributed by atoms with Crippen molar-refractivity contribution in [3.8, 4) is 0 Å². The normalized spacial score (nSPS) is 14.5. The number of hydrogen-bond donors (Lipinski definition) is 2. The van der Waals surface area contributed by atoms with Crippen LogP contribution in [0.4, 0.5) is 30.2 Å². The van der Waals surface area contributed by atoms with Crippen LogP contribution >= 0.6 is 0 Å². The van der Waals surface area contributed by atoms with Crippen molar-refractivity contribution in [2.45, 2.75) is 25.4 Å². The van der Waals surface area contributed by atoms with E-state index in [2.05, 4.69) is 32.6 Å². The Balaban J connectivity index is 1.29. The molecule has 0 saturated carbocycles. The van der Waals surface area contributed by atoms with E-state index in [0.29, 0.717) is 12.6 Å².